The summed E-state index contributed by atoms with van der Waals surface area (Å²) >= 11 is 5.68. The van der Waals surface area contributed by atoms with E-state index in [2.05, 4.69) is 4.72 Å². The molecule has 0 bridgehead atoms. The van der Waals surface area contributed by atoms with Crippen LogP contribution in [0.15, 0.2) is 23.1 Å². The molecule has 0 aromatic heterocycles. The number of benzene rings is 1. The number of aliphatic hydroxyl groups excluding tert-OH is 1. The van der Waals surface area contributed by atoms with E-state index in [1.807, 2.05) is 0 Å². The maximum Gasteiger partial charge on any atom is 0.242 e. The first-order valence-corrected chi connectivity index (χ1v) is 7.32. The van der Waals surface area contributed by atoms with Gasteiger partial charge in [0.15, 0.2) is 0 Å². The van der Waals surface area contributed by atoms with E-state index in [0.29, 0.717) is 12.8 Å². The van der Waals surface area contributed by atoms with Crippen molar-refractivity contribution in [1.82, 2.24) is 4.72 Å². The van der Waals surface area contributed by atoms with E-state index < -0.39 is 21.9 Å². The average Bonchev–Trinajstić information content (AvgIpc) is 2.23. The number of halogens is 2. The molecule has 0 radical (unpaired) electrons. The van der Waals surface area contributed by atoms with Crippen LogP contribution in [0.5, 0.6) is 0 Å². The number of rotatable bonds is 6. The number of hydrogen-bond donors (Lipinski definition) is 2. The van der Waals surface area contributed by atoms with Crippen LogP contribution >= 0.6 is 11.6 Å². The molecule has 0 aliphatic carbocycles. The normalized spacial score (nSPS) is 13.6. The van der Waals surface area contributed by atoms with Crippen molar-refractivity contribution in [3.05, 3.63) is 29.0 Å². The van der Waals surface area contributed by atoms with Crippen molar-refractivity contribution in [1.29, 1.82) is 0 Å². The summed E-state index contributed by atoms with van der Waals surface area (Å²) in [5, 5.41) is 8.88. The monoisotopic (exact) mass is 295 g/mol. The maximum absolute atomic E-state index is 12.8. The highest BCUT2D eigenvalue weighted by Crippen LogP contribution is 2.21. The van der Waals surface area contributed by atoms with E-state index in [1.165, 1.54) is 0 Å². The van der Waals surface area contributed by atoms with Crippen LogP contribution < -0.4 is 4.72 Å². The third kappa shape index (κ3) is 4.53. The van der Waals surface area contributed by atoms with Crippen molar-refractivity contribution in [2.24, 2.45) is 0 Å². The largest absolute Gasteiger partial charge is 0.393 e. The zero-order valence-corrected chi connectivity index (χ0v) is 11.4. The summed E-state index contributed by atoms with van der Waals surface area (Å²) in [5.74, 6) is -0.590. The topological polar surface area (TPSA) is 66.4 Å². The van der Waals surface area contributed by atoms with E-state index in [-0.39, 0.29) is 16.5 Å². The van der Waals surface area contributed by atoms with Gasteiger partial charge in [-0.3, -0.25) is 0 Å². The third-order valence-corrected chi connectivity index (χ3v) is 4.22. The van der Waals surface area contributed by atoms with Gasteiger partial charge in [0.1, 0.15) is 10.7 Å². The first kappa shape index (κ1) is 15.4. The maximum atomic E-state index is 12.8. The number of sulfonamides is 1. The second-order valence-corrected chi connectivity index (χ2v) is 6.11. The zero-order valence-electron chi connectivity index (χ0n) is 9.86. The Hall–Kier alpha value is -0.690. The summed E-state index contributed by atoms with van der Waals surface area (Å²) in [6, 6.07) is 3.11. The van der Waals surface area contributed by atoms with Gasteiger partial charge in [0.25, 0.3) is 0 Å². The standard InChI is InChI=1S/C11H15ClFNO3S/c1-8(15)3-2-6-14-18(16,17)11-5-4-9(13)7-10(11)12/h4-5,7-8,14-15H,2-3,6H2,1H3. The number of aliphatic hydroxyl groups is 1. The Morgan fingerprint density at radius 3 is 2.72 bits per heavy atom. The fourth-order valence-corrected chi connectivity index (χ4v) is 2.98. The Balaban J connectivity index is 2.69. The van der Waals surface area contributed by atoms with E-state index in [0.717, 1.165) is 18.2 Å². The number of nitrogens with one attached hydrogen (secondary N) is 1. The van der Waals surface area contributed by atoms with Gasteiger partial charge in [-0.25, -0.2) is 17.5 Å². The van der Waals surface area contributed by atoms with Crippen LogP contribution in [0.4, 0.5) is 4.39 Å². The van der Waals surface area contributed by atoms with Gasteiger partial charge in [-0.1, -0.05) is 11.6 Å². The summed E-state index contributed by atoms with van der Waals surface area (Å²) in [7, 11) is -3.74. The zero-order chi connectivity index (χ0) is 13.8. The van der Waals surface area contributed by atoms with Gasteiger partial charge in [0, 0.05) is 6.54 Å². The van der Waals surface area contributed by atoms with E-state index in [1.54, 1.807) is 6.92 Å². The molecule has 0 heterocycles. The highest BCUT2D eigenvalue weighted by molar-refractivity contribution is 7.89. The quantitative estimate of drug-likeness (QED) is 0.788. The summed E-state index contributed by atoms with van der Waals surface area (Å²) < 4.78 is 38.8. The Morgan fingerprint density at radius 2 is 2.17 bits per heavy atom. The Labute approximate surface area is 111 Å². The molecular formula is C11H15ClFNO3S. The Kier molecular flexibility index (Phi) is 5.52. The molecule has 102 valence electrons. The molecule has 0 amide bonds. The smallest absolute Gasteiger partial charge is 0.242 e. The van der Waals surface area contributed by atoms with Gasteiger partial charge < -0.3 is 5.11 Å². The van der Waals surface area contributed by atoms with E-state index in [4.69, 9.17) is 16.7 Å². The second-order valence-electron chi connectivity index (χ2n) is 3.96. The molecule has 7 heteroatoms. The van der Waals surface area contributed by atoms with E-state index in [9.17, 15) is 12.8 Å². The van der Waals surface area contributed by atoms with Gasteiger partial charge >= 0.3 is 0 Å². The van der Waals surface area contributed by atoms with E-state index >= 15 is 0 Å². The summed E-state index contributed by atoms with van der Waals surface area (Å²) in [5.41, 5.74) is 0. The predicted molar refractivity (Wildman–Crippen MR) is 67.5 cm³/mol. The lowest BCUT2D eigenvalue weighted by Gasteiger charge is -2.09. The molecule has 1 rings (SSSR count). The summed E-state index contributed by atoms with van der Waals surface area (Å²) in [6.07, 6.45) is 0.541. The molecular weight excluding hydrogens is 281 g/mol. The molecule has 0 aliphatic rings. The Morgan fingerprint density at radius 1 is 1.50 bits per heavy atom. The highest BCUT2D eigenvalue weighted by atomic mass is 35.5. The molecule has 18 heavy (non-hydrogen) atoms. The van der Waals surface area contributed by atoms with Crippen LogP contribution in [0.1, 0.15) is 19.8 Å². The molecule has 0 fully saturated rings. The summed E-state index contributed by atoms with van der Waals surface area (Å²) in [6.45, 7) is 1.83. The minimum Gasteiger partial charge on any atom is -0.393 e. The fourth-order valence-electron chi connectivity index (χ4n) is 1.37. The first-order chi connectivity index (χ1) is 8.33. The molecule has 1 aromatic carbocycles. The second kappa shape index (κ2) is 6.47. The minimum absolute atomic E-state index is 0.150. The van der Waals surface area contributed by atoms with Gasteiger partial charge in [0.05, 0.1) is 11.1 Å². The average molecular weight is 296 g/mol. The molecule has 4 nitrogen and oxygen atoms in total. The van der Waals surface area contributed by atoms with Crippen molar-refractivity contribution in [2.75, 3.05) is 6.54 Å². The minimum atomic E-state index is -3.74. The van der Waals surface area contributed by atoms with Crippen LogP contribution in [0, 0.1) is 5.82 Å². The molecule has 0 aliphatic heterocycles. The van der Waals surface area contributed by atoms with Gasteiger partial charge in [-0.15, -0.1) is 0 Å². The highest BCUT2D eigenvalue weighted by Gasteiger charge is 2.17. The molecule has 0 spiro atoms. The van der Waals surface area contributed by atoms with Gasteiger partial charge in [0.2, 0.25) is 10.0 Å². The van der Waals surface area contributed by atoms with Gasteiger partial charge in [-0.2, -0.15) is 0 Å². The molecule has 0 saturated heterocycles. The van der Waals surface area contributed by atoms with Crippen LogP contribution in [-0.4, -0.2) is 26.2 Å². The van der Waals surface area contributed by atoms with Crippen LogP contribution in [0.25, 0.3) is 0 Å². The SMILES string of the molecule is CC(O)CCCNS(=O)(=O)c1ccc(F)cc1Cl. The van der Waals surface area contributed by atoms with Crippen molar-refractivity contribution in [2.45, 2.75) is 30.8 Å². The lowest BCUT2D eigenvalue weighted by atomic mass is 10.2. The van der Waals surface area contributed by atoms with Crippen LogP contribution in [0.2, 0.25) is 5.02 Å². The Bertz CT molecular complexity index is 505. The third-order valence-electron chi connectivity index (χ3n) is 2.27. The van der Waals surface area contributed by atoms with Crippen LogP contribution in [-0.2, 0) is 10.0 Å². The predicted octanol–water partition coefficient (Wildman–Crippen LogP) is 1.92. The lowest BCUT2D eigenvalue weighted by molar-refractivity contribution is 0.182. The molecule has 1 aromatic rings. The molecule has 1 atom stereocenters. The number of hydrogen-bond acceptors (Lipinski definition) is 3. The van der Waals surface area contributed by atoms with Crippen molar-refractivity contribution < 1.29 is 17.9 Å². The molecule has 0 saturated carbocycles. The van der Waals surface area contributed by atoms with Crippen molar-refractivity contribution in [3.8, 4) is 0 Å². The van der Waals surface area contributed by atoms with Crippen molar-refractivity contribution in [3.63, 3.8) is 0 Å². The lowest BCUT2D eigenvalue weighted by Crippen LogP contribution is -2.25. The van der Waals surface area contributed by atoms with Gasteiger partial charge in [-0.05, 0) is 38.0 Å². The fraction of sp³-hybridized carbons (Fsp3) is 0.455. The summed E-state index contributed by atoms with van der Waals surface area (Å²) in [4.78, 5) is -0.150. The first-order valence-electron chi connectivity index (χ1n) is 5.45. The molecule has 1 unspecified atom stereocenters. The van der Waals surface area contributed by atoms with Crippen molar-refractivity contribution >= 4 is 21.6 Å². The van der Waals surface area contributed by atoms with Crippen LogP contribution in [0.3, 0.4) is 0 Å². The molecule has 2 N–H and O–H groups in total.